The molecule has 1 aliphatic heterocycles. The number of fused-ring (bicyclic) bond motifs is 2. The Morgan fingerprint density at radius 3 is 2.89 bits per heavy atom. The number of nitrogens with zero attached hydrogens (tertiary/aromatic N) is 4. The minimum absolute atomic E-state index is 0.328. The van der Waals surface area contributed by atoms with Crippen LogP contribution in [0.15, 0.2) is 42.7 Å². The minimum Gasteiger partial charge on any atom is -0.480 e. The lowest BCUT2D eigenvalue weighted by Gasteiger charge is -2.27. The quantitative estimate of drug-likeness (QED) is 0.254. The number of hydrogen-bond acceptors (Lipinski definition) is 8. The molecule has 3 heterocycles. The average molecular weight is 525 g/mol. The van der Waals surface area contributed by atoms with Gasteiger partial charge in [-0.2, -0.15) is 0 Å². The fraction of sp³-hybridized carbons (Fsp3) is 0.500. The van der Waals surface area contributed by atoms with Crippen molar-refractivity contribution >= 4 is 28.5 Å². The van der Waals surface area contributed by atoms with Crippen LogP contribution in [0.1, 0.15) is 36.9 Å². The number of benzene rings is 1. The van der Waals surface area contributed by atoms with Crippen LogP contribution in [0.2, 0.25) is 0 Å². The lowest BCUT2D eigenvalue weighted by molar-refractivity contribution is -0.138. The van der Waals surface area contributed by atoms with Gasteiger partial charge in [-0.1, -0.05) is 18.2 Å². The van der Waals surface area contributed by atoms with E-state index >= 15 is 0 Å². The third-order valence-corrected chi connectivity index (χ3v) is 6.96. The van der Waals surface area contributed by atoms with E-state index in [-0.39, 0.29) is 0 Å². The summed E-state index contributed by atoms with van der Waals surface area (Å²) in [7, 11) is 1.50. The molecule has 1 aromatic carbocycles. The van der Waals surface area contributed by atoms with Crippen LogP contribution < -0.4 is 10.6 Å². The smallest absolute Gasteiger partial charge is 0.326 e. The van der Waals surface area contributed by atoms with E-state index in [1.165, 1.54) is 19.0 Å². The molecule has 10 heteroatoms. The van der Waals surface area contributed by atoms with Crippen molar-refractivity contribution < 1.29 is 19.0 Å². The van der Waals surface area contributed by atoms with E-state index in [2.05, 4.69) is 37.6 Å². The maximum Gasteiger partial charge on any atom is 0.326 e. The van der Waals surface area contributed by atoms with Crippen LogP contribution in [0.25, 0.3) is 10.9 Å². The molecule has 2 aromatic heterocycles. The number of methoxy groups -OCH3 is 1. The molecular weight excluding hydrogens is 487 g/mol. The zero-order chi connectivity index (χ0) is 26.7. The SMILES string of the molecule is CO[C@H](CF)CN(CCCCc1ccc2c(n1)NCCC2)CCC(Nc1ncnc2ccccc12)C(=O)O. The molecule has 0 amide bonds. The number of para-hydroxylation sites is 1. The van der Waals surface area contributed by atoms with Crippen molar-refractivity contribution in [2.45, 2.75) is 50.7 Å². The summed E-state index contributed by atoms with van der Waals surface area (Å²) in [5, 5.41) is 17.1. The first-order valence-electron chi connectivity index (χ1n) is 13.3. The predicted molar refractivity (Wildman–Crippen MR) is 146 cm³/mol. The number of halogens is 1. The minimum atomic E-state index is -0.964. The van der Waals surface area contributed by atoms with Crippen molar-refractivity contribution in [2.24, 2.45) is 0 Å². The second-order valence-electron chi connectivity index (χ2n) is 9.67. The topological polar surface area (TPSA) is 113 Å². The van der Waals surface area contributed by atoms with Crippen molar-refractivity contribution in [3.63, 3.8) is 0 Å². The molecule has 3 N–H and O–H groups in total. The molecule has 38 heavy (non-hydrogen) atoms. The molecule has 0 saturated carbocycles. The van der Waals surface area contributed by atoms with Gasteiger partial charge in [-0.05, 0) is 68.8 Å². The maximum absolute atomic E-state index is 13.4. The van der Waals surface area contributed by atoms with E-state index < -0.39 is 24.8 Å². The third kappa shape index (κ3) is 7.58. The summed E-state index contributed by atoms with van der Waals surface area (Å²) in [6.07, 6.45) is 6.09. The first kappa shape index (κ1) is 27.7. The Morgan fingerprint density at radius 2 is 2.08 bits per heavy atom. The number of rotatable bonds is 15. The van der Waals surface area contributed by atoms with Gasteiger partial charge in [0.05, 0.1) is 11.6 Å². The fourth-order valence-corrected chi connectivity index (χ4v) is 4.77. The number of aromatic nitrogens is 3. The van der Waals surface area contributed by atoms with E-state index in [9.17, 15) is 14.3 Å². The molecular formula is C28H37FN6O3. The van der Waals surface area contributed by atoms with E-state index in [1.807, 2.05) is 24.3 Å². The van der Waals surface area contributed by atoms with Gasteiger partial charge in [0.15, 0.2) is 0 Å². The van der Waals surface area contributed by atoms with Gasteiger partial charge in [0.25, 0.3) is 0 Å². The molecule has 204 valence electrons. The van der Waals surface area contributed by atoms with Crippen LogP contribution in [0.5, 0.6) is 0 Å². The van der Waals surface area contributed by atoms with Gasteiger partial charge < -0.3 is 25.4 Å². The summed E-state index contributed by atoms with van der Waals surface area (Å²) in [4.78, 5) is 27.4. The largest absolute Gasteiger partial charge is 0.480 e. The Morgan fingerprint density at radius 1 is 1.21 bits per heavy atom. The van der Waals surface area contributed by atoms with Gasteiger partial charge in [0.1, 0.15) is 30.7 Å². The fourth-order valence-electron chi connectivity index (χ4n) is 4.77. The molecule has 3 aromatic rings. The van der Waals surface area contributed by atoms with Crippen LogP contribution in [0.4, 0.5) is 16.0 Å². The number of carboxylic acids is 1. The second-order valence-corrected chi connectivity index (χ2v) is 9.67. The highest BCUT2D eigenvalue weighted by Crippen LogP contribution is 2.21. The summed E-state index contributed by atoms with van der Waals surface area (Å²) in [6, 6.07) is 10.9. The summed E-state index contributed by atoms with van der Waals surface area (Å²) >= 11 is 0. The monoisotopic (exact) mass is 524 g/mol. The molecule has 4 rings (SSSR count). The molecule has 9 nitrogen and oxygen atoms in total. The number of alkyl halides is 1. The van der Waals surface area contributed by atoms with Crippen molar-refractivity contribution in [3.8, 4) is 0 Å². The summed E-state index contributed by atoms with van der Waals surface area (Å²) in [6.45, 7) is 1.97. The number of nitrogens with one attached hydrogen (secondary N) is 2. The third-order valence-electron chi connectivity index (χ3n) is 6.96. The van der Waals surface area contributed by atoms with Crippen molar-refractivity contribution in [1.29, 1.82) is 0 Å². The zero-order valence-electron chi connectivity index (χ0n) is 21.9. The highest BCUT2D eigenvalue weighted by molar-refractivity contribution is 5.90. The molecule has 1 aliphatic rings. The second kappa shape index (κ2) is 14.0. The Balaban J connectivity index is 1.33. The standard InChI is InChI=1S/C28H37FN6O3/c1-38-22(17-29)18-35(15-5-4-8-21-12-11-20-7-6-14-30-26(20)33-21)16-13-25(28(36)37)34-27-23-9-2-3-10-24(23)31-19-32-27/h2-3,9-12,19,22,25H,4-8,13-18H2,1H3,(H,30,33)(H,36,37)(H,31,32,34)/t22-,25?/m1/s1. The van der Waals surface area contributed by atoms with Crippen molar-refractivity contribution in [2.75, 3.05) is 50.6 Å². The van der Waals surface area contributed by atoms with Crippen molar-refractivity contribution in [3.05, 3.63) is 54.0 Å². The van der Waals surface area contributed by atoms with Crippen LogP contribution >= 0.6 is 0 Å². The normalized spacial score (nSPS) is 14.6. The number of carbonyl (C=O) groups is 1. The Hall–Kier alpha value is -3.37. The first-order valence-corrected chi connectivity index (χ1v) is 13.3. The van der Waals surface area contributed by atoms with Crippen molar-refractivity contribution in [1.82, 2.24) is 19.9 Å². The molecule has 0 fully saturated rings. The maximum atomic E-state index is 13.4. The Labute approximate surface area is 222 Å². The molecule has 0 aliphatic carbocycles. The number of unbranched alkanes of at least 4 members (excludes halogenated alkanes) is 1. The van der Waals surface area contributed by atoms with Gasteiger partial charge in [0, 0.05) is 37.8 Å². The van der Waals surface area contributed by atoms with Crippen LogP contribution in [0.3, 0.4) is 0 Å². The highest BCUT2D eigenvalue weighted by Gasteiger charge is 2.22. The number of carboxylic acid groups (broad SMARTS) is 1. The van der Waals surface area contributed by atoms with Crippen LogP contribution in [-0.2, 0) is 22.4 Å². The predicted octanol–water partition coefficient (Wildman–Crippen LogP) is 3.95. The Kier molecular flexibility index (Phi) is 10.2. The Bertz CT molecular complexity index is 1190. The number of aryl methyl sites for hydroxylation is 2. The number of pyridine rings is 1. The highest BCUT2D eigenvalue weighted by atomic mass is 19.1. The van der Waals surface area contributed by atoms with E-state index in [0.29, 0.717) is 31.9 Å². The molecule has 1 unspecified atom stereocenters. The van der Waals surface area contributed by atoms with Gasteiger partial charge >= 0.3 is 5.97 Å². The first-order chi connectivity index (χ1) is 18.6. The number of hydrogen-bond donors (Lipinski definition) is 3. The molecule has 0 saturated heterocycles. The van der Waals surface area contributed by atoms with Crippen LogP contribution in [-0.4, -0.2) is 83.0 Å². The summed E-state index contributed by atoms with van der Waals surface area (Å²) in [5.74, 6) is 0.526. The van der Waals surface area contributed by atoms with Gasteiger partial charge in [-0.25, -0.2) is 24.1 Å². The van der Waals surface area contributed by atoms with Gasteiger partial charge in [-0.15, -0.1) is 0 Å². The molecule has 2 atom stereocenters. The van der Waals surface area contributed by atoms with E-state index in [1.54, 1.807) is 0 Å². The lowest BCUT2D eigenvalue weighted by atomic mass is 10.1. The molecule has 0 spiro atoms. The number of ether oxygens (including phenoxy) is 1. The van der Waals surface area contributed by atoms with Gasteiger partial charge in [-0.3, -0.25) is 0 Å². The average Bonchev–Trinajstić information content (AvgIpc) is 2.95. The number of aliphatic carboxylic acids is 1. The van der Waals surface area contributed by atoms with E-state index in [0.717, 1.165) is 61.1 Å². The molecule has 0 bridgehead atoms. The number of anilines is 2. The van der Waals surface area contributed by atoms with Crippen LogP contribution in [0, 0.1) is 0 Å². The van der Waals surface area contributed by atoms with Gasteiger partial charge in [0.2, 0.25) is 0 Å². The summed E-state index contributed by atoms with van der Waals surface area (Å²) < 4.78 is 18.7. The summed E-state index contributed by atoms with van der Waals surface area (Å²) in [5.41, 5.74) is 3.08. The van der Waals surface area contributed by atoms with E-state index in [4.69, 9.17) is 9.72 Å². The lowest BCUT2D eigenvalue weighted by Crippen LogP contribution is -2.39. The zero-order valence-corrected chi connectivity index (χ0v) is 21.9. The molecule has 0 radical (unpaired) electrons.